The predicted molar refractivity (Wildman–Crippen MR) is 60.8 cm³/mol. The molecule has 1 rings (SSSR count). The molecule has 1 aromatic heterocycles. The highest BCUT2D eigenvalue weighted by Crippen LogP contribution is 2.18. The fourth-order valence-electron chi connectivity index (χ4n) is 1.26. The second kappa shape index (κ2) is 4.25. The van der Waals surface area contributed by atoms with Gasteiger partial charge in [0.2, 0.25) is 9.84 Å². The number of nitrogen functional groups attached to an aromatic ring is 1. The van der Waals surface area contributed by atoms with Crippen LogP contribution in [0.5, 0.6) is 0 Å². The van der Waals surface area contributed by atoms with Gasteiger partial charge in [0.1, 0.15) is 5.69 Å². The number of hydrogen-bond donors (Lipinski definition) is 1. The third-order valence-electron chi connectivity index (χ3n) is 2.17. The molecule has 0 aliphatic rings. The summed E-state index contributed by atoms with van der Waals surface area (Å²) in [6.07, 6.45) is 1.29. The van der Waals surface area contributed by atoms with Crippen molar-refractivity contribution in [3.05, 3.63) is 11.9 Å². The molecule has 0 saturated carbocycles. The van der Waals surface area contributed by atoms with Gasteiger partial charge in [0.15, 0.2) is 0 Å². The van der Waals surface area contributed by atoms with Gasteiger partial charge in [-0.2, -0.15) is 5.10 Å². The van der Waals surface area contributed by atoms with Crippen molar-refractivity contribution in [2.24, 2.45) is 0 Å². The fraction of sp³-hybridized carbons (Fsp3) is 0.556. The van der Waals surface area contributed by atoms with Crippen LogP contribution in [0.25, 0.3) is 0 Å². The van der Waals surface area contributed by atoms with Crippen molar-refractivity contribution in [2.45, 2.75) is 26.8 Å². The van der Waals surface area contributed by atoms with Gasteiger partial charge < -0.3 is 5.73 Å². The Morgan fingerprint density at radius 3 is 2.56 bits per heavy atom. The Balaban J connectivity index is 3.34. The van der Waals surface area contributed by atoms with Crippen LogP contribution in [0.1, 0.15) is 37.3 Å². The molecule has 0 saturated heterocycles. The van der Waals surface area contributed by atoms with Gasteiger partial charge in [-0.3, -0.25) is 9.48 Å². The Labute approximate surface area is 94.4 Å². The minimum Gasteiger partial charge on any atom is -0.396 e. The van der Waals surface area contributed by atoms with Crippen molar-refractivity contribution in [1.82, 2.24) is 9.78 Å². The molecule has 0 spiro atoms. The molecule has 1 aromatic rings. The normalized spacial score (nSPS) is 12.0. The molecular formula is C9H15N3O3S. The van der Waals surface area contributed by atoms with E-state index in [9.17, 15) is 13.2 Å². The van der Waals surface area contributed by atoms with Crippen molar-refractivity contribution in [3.63, 3.8) is 0 Å². The zero-order valence-electron chi connectivity index (χ0n) is 9.47. The van der Waals surface area contributed by atoms with E-state index in [4.69, 9.17) is 5.73 Å². The summed E-state index contributed by atoms with van der Waals surface area (Å²) < 4.78 is 24.3. The summed E-state index contributed by atoms with van der Waals surface area (Å²) in [6, 6.07) is -0.122. The molecule has 0 aliphatic heterocycles. The maximum absolute atomic E-state index is 11.8. The lowest BCUT2D eigenvalue weighted by Gasteiger charge is -2.10. The van der Waals surface area contributed by atoms with Crippen LogP contribution >= 0.6 is 0 Å². The maximum atomic E-state index is 11.8. The molecule has 2 N–H and O–H groups in total. The van der Waals surface area contributed by atoms with Crippen LogP contribution < -0.4 is 5.73 Å². The Bertz CT molecular complexity index is 502. The summed E-state index contributed by atoms with van der Waals surface area (Å²) in [4.78, 5) is 11.8. The molecule has 0 radical (unpaired) electrons. The lowest BCUT2D eigenvalue weighted by Crippen LogP contribution is -2.22. The molecule has 16 heavy (non-hydrogen) atoms. The monoisotopic (exact) mass is 245 g/mol. The van der Waals surface area contributed by atoms with E-state index >= 15 is 0 Å². The molecule has 0 aromatic carbocycles. The van der Waals surface area contributed by atoms with E-state index in [1.807, 2.05) is 0 Å². The van der Waals surface area contributed by atoms with Gasteiger partial charge in [0.25, 0.3) is 5.12 Å². The topological polar surface area (TPSA) is 95.1 Å². The number of nitrogens with zero attached hydrogens (tertiary/aromatic N) is 2. The lowest BCUT2D eigenvalue weighted by molar-refractivity contribution is 0.106. The number of carbonyl (C=O) groups is 1. The van der Waals surface area contributed by atoms with Crippen LogP contribution in [0.15, 0.2) is 6.20 Å². The molecule has 7 heteroatoms. The number of rotatable bonds is 3. The Kier molecular flexibility index (Phi) is 3.37. The van der Waals surface area contributed by atoms with E-state index in [1.165, 1.54) is 17.8 Å². The molecule has 6 nitrogen and oxygen atoms in total. The summed E-state index contributed by atoms with van der Waals surface area (Å²) >= 11 is 0. The third-order valence-corrected chi connectivity index (χ3v) is 3.69. The number of carbonyl (C=O) groups excluding carboxylic acids is 1. The van der Waals surface area contributed by atoms with Crippen LogP contribution in [-0.4, -0.2) is 29.1 Å². The smallest absolute Gasteiger partial charge is 0.296 e. The fourth-order valence-corrected chi connectivity index (χ4v) is 2.03. The molecule has 0 fully saturated rings. The molecule has 0 unspecified atom stereocenters. The minimum absolute atomic E-state index is 0.0446. The largest absolute Gasteiger partial charge is 0.396 e. The number of anilines is 1. The highest BCUT2D eigenvalue weighted by molar-refractivity contribution is 8.06. The SMILES string of the molecule is CCS(=O)(=O)C(=O)c1c(N)cnn1C(C)C. The van der Waals surface area contributed by atoms with Crippen LogP contribution in [0.3, 0.4) is 0 Å². The molecule has 90 valence electrons. The van der Waals surface area contributed by atoms with E-state index in [0.29, 0.717) is 0 Å². The standard InChI is InChI=1S/C9H15N3O3S/c1-4-16(14,15)9(13)8-7(10)5-11-12(8)6(2)3/h5-6H,4,10H2,1-3H3. The molecule has 0 atom stereocenters. The zero-order valence-corrected chi connectivity index (χ0v) is 10.3. The average Bonchev–Trinajstić information content (AvgIpc) is 2.59. The van der Waals surface area contributed by atoms with Crippen LogP contribution in [-0.2, 0) is 9.84 Å². The minimum atomic E-state index is -3.78. The average molecular weight is 245 g/mol. The van der Waals surface area contributed by atoms with Gasteiger partial charge in [0, 0.05) is 6.04 Å². The Hall–Kier alpha value is -1.37. The number of aromatic nitrogens is 2. The van der Waals surface area contributed by atoms with E-state index < -0.39 is 15.0 Å². The van der Waals surface area contributed by atoms with Crippen molar-refractivity contribution < 1.29 is 13.2 Å². The predicted octanol–water partition coefficient (Wildman–Crippen LogP) is 0.621. The van der Waals surface area contributed by atoms with E-state index in [-0.39, 0.29) is 23.2 Å². The Morgan fingerprint density at radius 1 is 1.56 bits per heavy atom. The van der Waals surface area contributed by atoms with E-state index in [2.05, 4.69) is 5.10 Å². The molecule has 1 heterocycles. The number of nitrogens with two attached hydrogens (primary N) is 1. The van der Waals surface area contributed by atoms with Gasteiger partial charge in [-0.1, -0.05) is 6.92 Å². The van der Waals surface area contributed by atoms with Gasteiger partial charge >= 0.3 is 0 Å². The first-order valence-corrected chi connectivity index (χ1v) is 6.56. The quantitative estimate of drug-likeness (QED) is 0.842. The molecule has 0 aliphatic carbocycles. The second-order valence-electron chi connectivity index (χ2n) is 3.68. The van der Waals surface area contributed by atoms with Crippen molar-refractivity contribution in [3.8, 4) is 0 Å². The maximum Gasteiger partial charge on any atom is 0.296 e. The third kappa shape index (κ3) is 2.08. The number of hydrogen-bond acceptors (Lipinski definition) is 5. The number of sulfone groups is 1. The highest BCUT2D eigenvalue weighted by Gasteiger charge is 2.28. The lowest BCUT2D eigenvalue weighted by atomic mass is 10.3. The first kappa shape index (κ1) is 12.7. The van der Waals surface area contributed by atoms with Gasteiger partial charge in [-0.25, -0.2) is 8.42 Å². The molecule has 0 bridgehead atoms. The summed E-state index contributed by atoms with van der Waals surface area (Å²) in [5.41, 5.74) is 5.61. The van der Waals surface area contributed by atoms with E-state index in [0.717, 1.165) is 0 Å². The van der Waals surface area contributed by atoms with Gasteiger partial charge in [-0.15, -0.1) is 0 Å². The highest BCUT2D eigenvalue weighted by atomic mass is 32.2. The van der Waals surface area contributed by atoms with Crippen LogP contribution in [0, 0.1) is 0 Å². The molecular weight excluding hydrogens is 230 g/mol. The van der Waals surface area contributed by atoms with Crippen molar-refractivity contribution in [2.75, 3.05) is 11.5 Å². The molecule has 0 amide bonds. The second-order valence-corrected chi connectivity index (χ2v) is 5.86. The van der Waals surface area contributed by atoms with Gasteiger partial charge in [0.05, 0.1) is 17.6 Å². The van der Waals surface area contributed by atoms with Crippen LogP contribution in [0.4, 0.5) is 5.69 Å². The first-order valence-electron chi connectivity index (χ1n) is 4.91. The van der Waals surface area contributed by atoms with Crippen LogP contribution in [0.2, 0.25) is 0 Å². The van der Waals surface area contributed by atoms with Gasteiger partial charge in [-0.05, 0) is 13.8 Å². The summed E-state index contributed by atoms with van der Waals surface area (Å²) in [6.45, 7) is 5.00. The summed E-state index contributed by atoms with van der Waals surface area (Å²) in [7, 11) is -3.78. The first-order chi connectivity index (χ1) is 7.31. The van der Waals surface area contributed by atoms with E-state index in [1.54, 1.807) is 13.8 Å². The van der Waals surface area contributed by atoms with Crippen molar-refractivity contribution in [1.29, 1.82) is 0 Å². The zero-order chi connectivity index (χ0) is 12.5. The summed E-state index contributed by atoms with van der Waals surface area (Å²) in [5.74, 6) is -0.242. The van der Waals surface area contributed by atoms with Crippen molar-refractivity contribution >= 4 is 20.6 Å². The Morgan fingerprint density at radius 2 is 2.12 bits per heavy atom. The summed E-state index contributed by atoms with van der Waals surface area (Å²) in [5, 5.41) is 2.93.